The molecule has 1 aliphatic heterocycles. The zero-order valence-electron chi connectivity index (χ0n) is 18.9. The van der Waals surface area contributed by atoms with Crippen molar-refractivity contribution in [2.45, 2.75) is 40.0 Å². The van der Waals surface area contributed by atoms with E-state index in [9.17, 15) is 9.18 Å². The molecule has 1 heterocycles. The number of nitrogens with one attached hydrogen (secondary N) is 1. The summed E-state index contributed by atoms with van der Waals surface area (Å²) in [6, 6.07) is 12.6. The number of hydrogen-bond acceptors (Lipinski definition) is 4. The third kappa shape index (κ3) is 6.59. The predicted molar refractivity (Wildman–Crippen MR) is 125 cm³/mol. The van der Waals surface area contributed by atoms with E-state index in [1.807, 2.05) is 30.0 Å². The highest BCUT2D eigenvalue weighted by Gasteiger charge is 2.24. The van der Waals surface area contributed by atoms with E-state index in [-0.39, 0.29) is 24.3 Å². The molecule has 5 nitrogen and oxygen atoms in total. The number of rotatable bonds is 9. The summed E-state index contributed by atoms with van der Waals surface area (Å²) in [6.45, 7) is 8.31. The average molecular weight is 463 g/mol. The van der Waals surface area contributed by atoms with Crippen molar-refractivity contribution in [1.82, 2.24) is 10.2 Å². The quantitative estimate of drug-likeness (QED) is 0.508. The minimum absolute atomic E-state index is 0.0327. The van der Waals surface area contributed by atoms with Crippen LogP contribution in [-0.4, -0.2) is 37.1 Å². The first kappa shape index (κ1) is 24.3. The number of carbonyl (C=O) groups excluding carboxylic acids is 1. The van der Waals surface area contributed by atoms with Crippen LogP contribution in [0.1, 0.15) is 44.6 Å². The van der Waals surface area contributed by atoms with E-state index in [0.717, 1.165) is 12.0 Å². The number of halogens is 2. The van der Waals surface area contributed by atoms with Gasteiger partial charge >= 0.3 is 0 Å². The van der Waals surface area contributed by atoms with Crippen molar-refractivity contribution in [3.63, 3.8) is 0 Å². The Balaban J connectivity index is 1.68. The Morgan fingerprint density at radius 2 is 1.88 bits per heavy atom. The Labute approximate surface area is 194 Å². The number of ether oxygens (including phenoxy) is 2. The van der Waals surface area contributed by atoms with E-state index in [4.69, 9.17) is 21.1 Å². The molecule has 0 saturated heterocycles. The molecular formula is C25H32ClFN2O3. The number of nitrogens with zero attached hydrogens (tertiary/aromatic N) is 1. The van der Waals surface area contributed by atoms with E-state index in [1.54, 1.807) is 24.3 Å². The molecule has 2 aromatic rings. The lowest BCUT2D eigenvalue weighted by molar-refractivity contribution is -0.136. The van der Waals surface area contributed by atoms with E-state index >= 15 is 0 Å². The van der Waals surface area contributed by atoms with Crippen LogP contribution in [0.15, 0.2) is 42.5 Å². The molecule has 7 heteroatoms. The fourth-order valence-corrected chi connectivity index (χ4v) is 3.98. The lowest BCUT2D eigenvalue weighted by atomic mass is 10.1. The van der Waals surface area contributed by atoms with Crippen molar-refractivity contribution in [1.29, 1.82) is 0 Å². The third-order valence-electron chi connectivity index (χ3n) is 5.25. The molecule has 2 aromatic carbocycles. The van der Waals surface area contributed by atoms with Gasteiger partial charge in [-0.1, -0.05) is 62.7 Å². The molecule has 2 unspecified atom stereocenters. The summed E-state index contributed by atoms with van der Waals surface area (Å²) >= 11 is 6.43. The maximum Gasteiger partial charge on any atom is 0.226 e. The number of alkyl halides is 1. The van der Waals surface area contributed by atoms with Crippen molar-refractivity contribution in [3.05, 3.63) is 58.6 Å². The van der Waals surface area contributed by atoms with Crippen LogP contribution in [0.5, 0.6) is 11.5 Å². The number of benzene rings is 2. The fraction of sp³-hybridized carbons (Fsp3) is 0.480. The highest BCUT2D eigenvalue weighted by Crippen LogP contribution is 2.38. The van der Waals surface area contributed by atoms with Gasteiger partial charge in [0.1, 0.15) is 0 Å². The van der Waals surface area contributed by atoms with Gasteiger partial charge < -0.3 is 14.4 Å². The number of hydrogen-bond donors (Lipinski definition) is 1. The van der Waals surface area contributed by atoms with Gasteiger partial charge in [0.2, 0.25) is 5.91 Å². The van der Waals surface area contributed by atoms with Gasteiger partial charge in [0.25, 0.3) is 0 Å². The van der Waals surface area contributed by atoms with E-state index in [0.29, 0.717) is 48.4 Å². The summed E-state index contributed by atoms with van der Waals surface area (Å²) in [5.74, 6) is 1.04. The van der Waals surface area contributed by atoms with Crippen LogP contribution in [0.3, 0.4) is 0 Å². The molecule has 1 aliphatic rings. The van der Waals surface area contributed by atoms with Gasteiger partial charge in [0.05, 0.1) is 18.2 Å². The predicted octanol–water partition coefficient (Wildman–Crippen LogP) is 5.38. The van der Waals surface area contributed by atoms with Crippen molar-refractivity contribution in [2.24, 2.45) is 11.8 Å². The topological polar surface area (TPSA) is 50.8 Å². The molecule has 2 atom stereocenters. The Morgan fingerprint density at radius 3 is 2.59 bits per heavy atom. The van der Waals surface area contributed by atoms with E-state index in [1.165, 1.54) is 0 Å². The fourth-order valence-electron chi connectivity index (χ4n) is 3.69. The molecule has 1 amide bonds. The summed E-state index contributed by atoms with van der Waals surface area (Å²) in [4.78, 5) is 15.0. The third-order valence-corrected chi connectivity index (χ3v) is 5.53. The van der Waals surface area contributed by atoms with Crippen molar-refractivity contribution in [3.8, 4) is 11.5 Å². The van der Waals surface area contributed by atoms with E-state index in [2.05, 4.69) is 19.2 Å². The highest BCUT2D eigenvalue weighted by molar-refractivity contribution is 6.32. The molecule has 1 N–H and O–H groups in total. The zero-order valence-corrected chi connectivity index (χ0v) is 19.7. The van der Waals surface area contributed by atoms with Crippen molar-refractivity contribution >= 4 is 17.5 Å². The number of amides is 1. The minimum atomic E-state index is -1.31. The van der Waals surface area contributed by atoms with Gasteiger partial charge in [-0.25, -0.2) is 4.39 Å². The smallest absolute Gasteiger partial charge is 0.226 e. The zero-order chi connectivity index (χ0) is 23.1. The van der Waals surface area contributed by atoms with Gasteiger partial charge in [-0.05, 0) is 23.6 Å². The lowest BCUT2D eigenvalue weighted by Gasteiger charge is -2.28. The van der Waals surface area contributed by atoms with Crippen molar-refractivity contribution < 1.29 is 18.7 Å². The molecule has 0 fully saturated rings. The van der Waals surface area contributed by atoms with Gasteiger partial charge in [-0.3, -0.25) is 10.1 Å². The molecule has 0 saturated carbocycles. The monoisotopic (exact) mass is 462 g/mol. The second-order valence-corrected chi connectivity index (χ2v) is 9.06. The molecule has 0 bridgehead atoms. The van der Waals surface area contributed by atoms with Gasteiger partial charge in [-0.15, -0.1) is 0 Å². The first-order valence-electron chi connectivity index (χ1n) is 11.1. The summed E-state index contributed by atoms with van der Waals surface area (Å²) in [5.41, 5.74) is 1.43. The van der Waals surface area contributed by atoms with Crippen LogP contribution in [0.25, 0.3) is 0 Å². The van der Waals surface area contributed by atoms with Crippen LogP contribution < -0.4 is 14.8 Å². The maximum absolute atomic E-state index is 14.5. The second kappa shape index (κ2) is 11.5. The Hall–Kier alpha value is -2.31. The van der Waals surface area contributed by atoms with Crippen LogP contribution in [0, 0.1) is 11.8 Å². The number of carbonyl (C=O) groups is 1. The summed E-state index contributed by atoms with van der Waals surface area (Å²) in [7, 11) is 0. The largest absolute Gasteiger partial charge is 0.489 e. The van der Waals surface area contributed by atoms with Gasteiger partial charge in [-0.2, -0.15) is 0 Å². The standard InChI is InChI=1S/C25H32ClFN2O3/c1-17(2)15-29(16-19-12-21(26)23-22(13-19)31-10-7-11-32-23)25(30)18(3)14-28-24(27)20-8-5-4-6-9-20/h4-6,8-9,12-13,17-18,24,28H,7,10-11,14-16H2,1-3H3. The minimum Gasteiger partial charge on any atom is -0.489 e. The summed E-state index contributed by atoms with van der Waals surface area (Å²) in [5, 5.41) is 3.32. The first-order chi connectivity index (χ1) is 15.3. The molecule has 0 aliphatic carbocycles. The van der Waals surface area contributed by atoms with Crippen LogP contribution >= 0.6 is 11.6 Å². The summed E-state index contributed by atoms with van der Waals surface area (Å²) < 4.78 is 26.0. The Morgan fingerprint density at radius 1 is 1.16 bits per heavy atom. The Bertz CT molecular complexity index is 894. The molecular weight excluding hydrogens is 431 g/mol. The molecule has 0 spiro atoms. The average Bonchev–Trinajstić information content (AvgIpc) is 3.02. The maximum atomic E-state index is 14.5. The Kier molecular flexibility index (Phi) is 8.76. The molecule has 32 heavy (non-hydrogen) atoms. The molecule has 0 aromatic heterocycles. The SMILES string of the molecule is CC(C)CN(Cc1cc(Cl)c2c(c1)OCCCO2)C(=O)C(C)CNC(F)c1ccccc1. The van der Waals surface area contributed by atoms with Gasteiger partial charge in [0, 0.05) is 37.5 Å². The van der Waals surface area contributed by atoms with Crippen LogP contribution in [0.4, 0.5) is 4.39 Å². The van der Waals surface area contributed by atoms with Crippen LogP contribution in [0.2, 0.25) is 5.02 Å². The van der Waals surface area contributed by atoms with Crippen LogP contribution in [-0.2, 0) is 11.3 Å². The molecule has 174 valence electrons. The molecule has 0 radical (unpaired) electrons. The lowest BCUT2D eigenvalue weighted by Crippen LogP contribution is -2.40. The number of fused-ring (bicyclic) bond motifs is 1. The summed E-state index contributed by atoms with van der Waals surface area (Å²) in [6.07, 6.45) is -0.521. The second-order valence-electron chi connectivity index (χ2n) is 8.65. The van der Waals surface area contributed by atoms with Gasteiger partial charge in [0.15, 0.2) is 17.8 Å². The highest BCUT2D eigenvalue weighted by atomic mass is 35.5. The van der Waals surface area contributed by atoms with Crippen molar-refractivity contribution in [2.75, 3.05) is 26.3 Å². The van der Waals surface area contributed by atoms with E-state index < -0.39 is 6.30 Å². The molecule has 3 rings (SSSR count). The first-order valence-corrected chi connectivity index (χ1v) is 11.5. The normalized spacial score (nSPS) is 15.2.